The molecule has 6 rings (SSSR count). The Bertz CT molecular complexity index is 1760. The summed E-state index contributed by atoms with van der Waals surface area (Å²) >= 11 is 12.0. The van der Waals surface area contributed by atoms with Gasteiger partial charge in [-0.15, -0.1) is 0 Å². The van der Waals surface area contributed by atoms with Crippen molar-refractivity contribution in [2.45, 2.75) is 6.42 Å². The van der Waals surface area contributed by atoms with E-state index in [2.05, 4.69) is 15.3 Å². The smallest absolute Gasteiger partial charge is 0.228 e. The van der Waals surface area contributed by atoms with Crippen LogP contribution in [0.2, 0.25) is 10.0 Å². The van der Waals surface area contributed by atoms with Gasteiger partial charge < -0.3 is 9.72 Å². The normalized spacial score (nSPS) is 11.1. The van der Waals surface area contributed by atoms with Gasteiger partial charge in [-0.3, -0.25) is 9.36 Å². The van der Waals surface area contributed by atoms with Gasteiger partial charge in [0.05, 0.1) is 12.1 Å². The first kappa shape index (κ1) is 23.9. The predicted molar refractivity (Wildman–Crippen MR) is 150 cm³/mol. The summed E-state index contributed by atoms with van der Waals surface area (Å²) in [6.45, 7) is 0. The van der Waals surface area contributed by atoms with Crippen LogP contribution >= 0.6 is 23.2 Å². The first-order valence-corrected chi connectivity index (χ1v) is 12.6. The third-order valence-electron chi connectivity index (χ3n) is 6.05. The molecule has 0 saturated heterocycles. The van der Waals surface area contributed by atoms with E-state index in [1.807, 2.05) is 88.2 Å². The molecule has 0 fully saturated rings. The first-order valence-electron chi connectivity index (χ1n) is 11.8. The number of carbonyl (C=O) groups is 1. The van der Waals surface area contributed by atoms with Gasteiger partial charge in [0, 0.05) is 57.8 Å². The monoisotopic (exact) mass is 538 g/mol. The van der Waals surface area contributed by atoms with E-state index in [0.29, 0.717) is 27.2 Å². The summed E-state index contributed by atoms with van der Waals surface area (Å²) in [5.74, 6) is 1.24. The lowest BCUT2D eigenvalue weighted by atomic mass is 10.1. The Balaban J connectivity index is 1.34. The topological polar surface area (TPSA) is 77.1 Å². The number of carbonyl (C=O) groups excluding carboxylic acids is 1. The number of nitrogens with one attached hydrogen (secondary N) is 1. The van der Waals surface area contributed by atoms with Crippen molar-refractivity contribution in [2.75, 3.05) is 5.32 Å². The molecule has 0 unspecified atom stereocenters. The van der Waals surface area contributed by atoms with Crippen molar-refractivity contribution in [2.24, 2.45) is 0 Å². The Morgan fingerprint density at radius 3 is 2.37 bits per heavy atom. The predicted octanol–water partition coefficient (Wildman–Crippen LogP) is 6.74. The van der Waals surface area contributed by atoms with Crippen molar-refractivity contribution in [3.8, 4) is 28.5 Å². The number of rotatable bonds is 6. The Hall–Kier alpha value is -4.46. The van der Waals surface area contributed by atoms with Crippen LogP contribution in [0.5, 0.6) is 0 Å². The molecule has 3 aromatic heterocycles. The highest BCUT2D eigenvalue weighted by Crippen LogP contribution is 2.27. The van der Waals surface area contributed by atoms with Gasteiger partial charge in [0.15, 0.2) is 11.5 Å². The van der Waals surface area contributed by atoms with Crippen molar-refractivity contribution in [1.82, 2.24) is 23.9 Å². The van der Waals surface area contributed by atoms with E-state index in [9.17, 15) is 4.79 Å². The molecule has 3 aromatic carbocycles. The Kier molecular flexibility index (Phi) is 6.37. The molecular weight excluding hydrogens is 519 g/mol. The van der Waals surface area contributed by atoms with Crippen LogP contribution in [0.1, 0.15) is 5.56 Å². The lowest BCUT2D eigenvalue weighted by molar-refractivity contribution is -0.115. The fraction of sp³-hybridized carbons (Fsp3) is 0.0345. The van der Waals surface area contributed by atoms with E-state index >= 15 is 0 Å². The molecule has 7 nitrogen and oxygen atoms in total. The Morgan fingerprint density at radius 1 is 0.842 bits per heavy atom. The number of aromatic nitrogens is 5. The van der Waals surface area contributed by atoms with Crippen molar-refractivity contribution in [1.29, 1.82) is 0 Å². The summed E-state index contributed by atoms with van der Waals surface area (Å²) in [5.41, 5.74) is 4.72. The van der Waals surface area contributed by atoms with Crippen LogP contribution in [0, 0.1) is 0 Å². The Morgan fingerprint density at radius 2 is 1.58 bits per heavy atom. The van der Waals surface area contributed by atoms with Crippen LogP contribution in [0.3, 0.4) is 0 Å². The van der Waals surface area contributed by atoms with Crippen LogP contribution in [0.25, 0.3) is 34.1 Å². The number of nitrogens with zero attached hydrogens (tertiary/aromatic N) is 5. The van der Waals surface area contributed by atoms with Gasteiger partial charge in [-0.2, -0.15) is 0 Å². The summed E-state index contributed by atoms with van der Waals surface area (Å²) in [6.07, 6.45) is 9.36. The van der Waals surface area contributed by atoms with Gasteiger partial charge in [-0.05, 0) is 54.1 Å². The summed E-state index contributed by atoms with van der Waals surface area (Å²) in [5, 5.41) is 4.27. The van der Waals surface area contributed by atoms with Crippen molar-refractivity contribution >= 4 is 40.4 Å². The second kappa shape index (κ2) is 10.1. The first-order chi connectivity index (χ1) is 18.5. The van der Waals surface area contributed by atoms with Crippen LogP contribution < -0.4 is 5.32 Å². The molecule has 0 atom stereocenters. The number of halogens is 2. The molecule has 1 amide bonds. The molecular formula is C29H20Cl2N6O. The molecule has 0 radical (unpaired) electrons. The maximum Gasteiger partial charge on any atom is 0.228 e. The molecule has 0 aliphatic heterocycles. The minimum atomic E-state index is -0.116. The van der Waals surface area contributed by atoms with E-state index in [1.54, 1.807) is 24.5 Å². The van der Waals surface area contributed by atoms with E-state index in [-0.39, 0.29) is 12.3 Å². The van der Waals surface area contributed by atoms with E-state index < -0.39 is 0 Å². The average Bonchev–Trinajstić information content (AvgIpc) is 3.60. The number of amides is 1. The number of hydrogen-bond acceptors (Lipinski definition) is 4. The maximum absolute atomic E-state index is 12.7. The molecule has 186 valence electrons. The largest absolute Gasteiger partial charge is 0.326 e. The lowest BCUT2D eigenvalue weighted by Crippen LogP contribution is -2.14. The zero-order chi connectivity index (χ0) is 26.1. The third-order valence-corrected chi connectivity index (χ3v) is 6.55. The molecule has 0 aliphatic rings. The minimum absolute atomic E-state index is 0.116. The number of fused-ring (bicyclic) bond motifs is 1. The molecule has 1 N–H and O–H groups in total. The van der Waals surface area contributed by atoms with Gasteiger partial charge in [0.2, 0.25) is 5.91 Å². The number of hydrogen-bond donors (Lipinski definition) is 1. The second-order valence-corrected chi connectivity index (χ2v) is 9.54. The van der Waals surface area contributed by atoms with Crippen molar-refractivity contribution in [3.05, 3.63) is 119 Å². The highest BCUT2D eigenvalue weighted by Gasteiger charge is 2.16. The molecule has 0 bridgehead atoms. The van der Waals surface area contributed by atoms with Gasteiger partial charge in [-0.1, -0.05) is 47.5 Å². The summed E-state index contributed by atoms with van der Waals surface area (Å²) in [7, 11) is 0. The number of anilines is 1. The molecule has 6 aromatic rings. The van der Waals surface area contributed by atoms with Crippen molar-refractivity contribution in [3.63, 3.8) is 0 Å². The van der Waals surface area contributed by atoms with Crippen LogP contribution in [-0.2, 0) is 11.2 Å². The average molecular weight is 539 g/mol. The van der Waals surface area contributed by atoms with Gasteiger partial charge in [0.25, 0.3) is 0 Å². The molecule has 3 heterocycles. The quantitative estimate of drug-likeness (QED) is 0.255. The van der Waals surface area contributed by atoms with Crippen LogP contribution in [0.4, 0.5) is 5.69 Å². The van der Waals surface area contributed by atoms with Crippen molar-refractivity contribution < 1.29 is 4.79 Å². The lowest BCUT2D eigenvalue weighted by Gasteiger charge is -2.12. The van der Waals surface area contributed by atoms with Gasteiger partial charge >= 0.3 is 0 Å². The minimum Gasteiger partial charge on any atom is -0.326 e. The standard InChI is InChI=1S/C29H20Cl2N6O/c30-22-8-4-19(5-9-22)16-26(38)34-24-3-1-2-21(17-24)25-18-36-14-12-33-28(36)29(35-25)37-15-13-32-27(37)20-6-10-23(31)11-7-20/h1-15,17-18H,16H2,(H,34,38). The van der Waals surface area contributed by atoms with E-state index in [0.717, 1.165) is 28.2 Å². The molecule has 9 heteroatoms. The van der Waals surface area contributed by atoms with Crippen LogP contribution in [0.15, 0.2) is 104 Å². The highest BCUT2D eigenvalue weighted by molar-refractivity contribution is 6.30. The molecule has 0 aliphatic carbocycles. The maximum atomic E-state index is 12.7. The van der Waals surface area contributed by atoms with Crippen LogP contribution in [-0.4, -0.2) is 29.8 Å². The van der Waals surface area contributed by atoms with Gasteiger partial charge in [-0.25, -0.2) is 15.0 Å². The summed E-state index contributed by atoms with van der Waals surface area (Å²) < 4.78 is 3.84. The summed E-state index contributed by atoms with van der Waals surface area (Å²) in [6, 6.07) is 22.4. The fourth-order valence-electron chi connectivity index (χ4n) is 4.25. The number of benzene rings is 3. The SMILES string of the molecule is O=C(Cc1ccc(Cl)cc1)Nc1cccc(-c2cn3ccnc3c(-n3ccnc3-c3ccc(Cl)cc3)n2)c1. The van der Waals surface area contributed by atoms with E-state index in [1.165, 1.54) is 0 Å². The van der Waals surface area contributed by atoms with E-state index in [4.69, 9.17) is 28.2 Å². The molecule has 0 spiro atoms. The van der Waals surface area contributed by atoms with Gasteiger partial charge in [0.1, 0.15) is 5.82 Å². The molecule has 38 heavy (non-hydrogen) atoms. The Labute approximate surface area is 228 Å². The summed E-state index contributed by atoms with van der Waals surface area (Å²) in [4.78, 5) is 26.7. The zero-order valence-electron chi connectivity index (χ0n) is 19.9. The fourth-order valence-corrected chi connectivity index (χ4v) is 4.50. The number of imidazole rings is 2. The zero-order valence-corrected chi connectivity index (χ0v) is 21.4. The second-order valence-electron chi connectivity index (χ2n) is 8.67. The highest BCUT2D eigenvalue weighted by atomic mass is 35.5. The molecule has 0 saturated carbocycles. The third kappa shape index (κ3) is 4.89.